The molecule has 2 N–H and O–H groups in total. The van der Waals surface area contributed by atoms with Gasteiger partial charge in [-0.25, -0.2) is 4.99 Å². The summed E-state index contributed by atoms with van der Waals surface area (Å²) in [4.78, 5) is 4.68. The molecular weight excluding hydrogens is 334 g/mol. The van der Waals surface area contributed by atoms with Crippen molar-refractivity contribution in [1.82, 2.24) is 20.4 Å². The number of guanidine groups is 1. The molecule has 0 fully saturated rings. The van der Waals surface area contributed by atoms with Gasteiger partial charge in [0.25, 0.3) is 0 Å². The summed E-state index contributed by atoms with van der Waals surface area (Å²) >= 11 is 5.93. The summed E-state index contributed by atoms with van der Waals surface area (Å²) in [6.07, 6.45) is 0.914. The third-order valence-corrected chi connectivity index (χ3v) is 4.48. The maximum absolute atomic E-state index is 5.93. The summed E-state index contributed by atoms with van der Waals surface area (Å²) < 4.78 is 1.94. The van der Waals surface area contributed by atoms with E-state index in [1.807, 2.05) is 36.0 Å². The predicted octanol–water partition coefficient (Wildman–Crippen LogP) is 3.38. The molecule has 1 heterocycles. The summed E-state index contributed by atoms with van der Waals surface area (Å²) in [7, 11) is 1.99. The number of hydrogen-bond acceptors (Lipinski definition) is 2. The second-order valence-corrected chi connectivity index (χ2v) is 6.78. The number of halogens is 1. The van der Waals surface area contributed by atoms with Gasteiger partial charge in [-0.2, -0.15) is 5.10 Å². The third kappa shape index (κ3) is 5.49. The summed E-state index contributed by atoms with van der Waals surface area (Å²) in [6.45, 7) is 9.85. The van der Waals surface area contributed by atoms with Crippen LogP contribution in [-0.4, -0.2) is 28.3 Å². The Hall–Kier alpha value is -2.01. The molecule has 6 heteroatoms. The quantitative estimate of drug-likeness (QED) is 0.612. The molecular formula is C19H28ClN5. The van der Waals surface area contributed by atoms with Gasteiger partial charge < -0.3 is 10.6 Å². The monoisotopic (exact) mass is 361 g/mol. The molecule has 0 saturated carbocycles. The average molecular weight is 362 g/mol. The number of hydrogen-bond donors (Lipinski definition) is 2. The van der Waals surface area contributed by atoms with Gasteiger partial charge in [-0.15, -0.1) is 0 Å². The highest BCUT2D eigenvalue weighted by atomic mass is 35.5. The SMILES string of the molecule is CCNC(=NCc1ccc(Cl)cc1)NC(C)Cc1c(C)nn(C)c1C. The fraction of sp³-hybridized carbons (Fsp3) is 0.474. The standard InChI is InChI=1S/C19H28ClN5/c1-6-21-19(22-12-16-7-9-17(20)10-8-16)23-13(2)11-18-14(3)24-25(5)15(18)4/h7-10,13H,6,11-12H2,1-5H3,(H2,21,22,23). The summed E-state index contributed by atoms with van der Waals surface area (Å²) in [5, 5.41) is 12.0. The van der Waals surface area contributed by atoms with Crippen molar-refractivity contribution in [3.05, 3.63) is 51.8 Å². The van der Waals surface area contributed by atoms with Gasteiger partial charge in [0.05, 0.1) is 12.2 Å². The van der Waals surface area contributed by atoms with Crippen LogP contribution in [-0.2, 0) is 20.0 Å². The van der Waals surface area contributed by atoms with E-state index in [0.29, 0.717) is 6.54 Å². The lowest BCUT2D eigenvalue weighted by Gasteiger charge is -2.18. The first-order valence-electron chi connectivity index (χ1n) is 8.69. The van der Waals surface area contributed by atoms with Crippen molar-refractivity contribution in [2.75, 3.05) is 6.54 Å². The number of rotatable bonds is 6. The summed E-state index contributed by atoms with van der Waals surface area (Å²) in [6, 6.07) is 8.04. The van der Waals surface area contributed by atoms with Crippen LogP contribution >= 0.6 is 11.6 Å². The average Bonchev–Trinajstić information content (AvgIpc) is 2.80. The minimum absolute atomic E-state index is 0.254. The first-order chi connectivity index (χ1) is 11.9. The first-order valence-corrected chi connectivity index (χ1v) is 9.06. The topological polar surface area (TPSA) is 54.2 Å². The molecule has 0 spiro atoms. The van der Waals surface area contributed by atoms with E-state index >= 15 is 0 Å². The third-order valence-electron chi connectivity index (χ3n) is 4.23. The van der Waals surface area contributed by atoms with Crippen molar-refractivity contribution in [1.29, 1.82) is 0 Å². The molecule has 2 aromatic rings. The Balaban J connectivity index is 2.01. The molecule has 1 aromatic heterocycles. The Morgan fingerprint density at radius 2 is 1.96 bits per heavy atom. The Bertz CT molecular complexity index is 718. The van der Waals surface area contributed by atoms with Gasteiger partial charge in [-0.3, -0.25) is 4.68 Å². The number of aliphatic imine (C=N–C) groups is 1. The van der Waals surface area contributed by atoms with Crippen LogP contribution in [0, 0.1) is 13.8 Å². The van der Waals surface area contributed by atoms with E-state index in [2.05, 4.69) is 48.4 Å². The van der Waals surface area contributed by atoms with Gasteiger partial charge in [-0.1, -0.05) is 23.7 Å². The van der Waals surface area contributed by atoms with Gasteiger partial charge in [-0.05, 0) is 57.4 Å². The van der Waals surface area contributed by atoms with Gasteiger partial charge in [0.1, 0.15) is 0 Å². The van der Waals surface area contributed by atoms with E-state index in [-0.39, 0.29) is 6.04 Å². The number of aromatic nitrogens is 2. The highest BCUT2D eigenvalue weighted by Gasteiger charge is 2.13. The van der Waals surface area contributed by atoms with Crippen LogP contribution in [0.1, 0.15) is 36.4 Å². The second-order valence-electron chi connectivity index (χ2n) is 6.34. The number of nitrogens with one attached hydrogen (secondary N) is 2. The molecule has 136 valence electrons. The zero-order valence-corrected chi connectivity index (χ0v) is 16.5. The molecule has 0 radical (unpaired) electrons. The Morgan fingerprint density at radius 1 is 1.28 bits per heavy atom. The number of nitrogens with zero attached hydrogens (tertiary/aromatic N) is 3. The lowest BCUT2D eigenvalue weighted by molar-refractivity contribution is 0.636. The van der Waals surface area contributed by atoms with E-state index < -0.39 is 0 Å². The number of benzene rings is 1. The maximum atomic E-state index is 5.93. The minimum atomic E-state index is 0.254. The van der Waals surface area contributed by atoms with Crippen LogP contribution in [0.3, 0.4) is 0 Å². The van der Waals surface area contributed by atoms with Gasteiger partial charge in [0.15, 0.2) is 5.96 Å². The smallest absolute Gasteiger partial charge is 0.191 e. The molecule has 1 atom stereocenters. The van der Waals surface area contributed by atoms with Crippen LogP contribution in [0.25, 0.3) is 0 Å². The molecule has 0 amide bonds. The molecule has 0 bridgehead atoms. The fourth-order valence-corrected chi connectivity index (χ4v) is 2.91. The lowest BCUT2D eigenvalue weighted by Crippen LogP contribution is -2.43. The summed E-state index contributed by atoms with van der Waals surface area (Å²) in [5.74, 6) is 0.823. The van der Waals surface area contributed by atoms with Crippen LogP contribution in [0.4, 0.5) is 0 Å². The second kappa shape index (κ2) is 8.90. The summed E-state index contributed by atoms with van der Waals surface area (Å²) in [5.41, 5.74) is 4.75. The molecule has 5 nitrogen and oxygen atoms in total. The van der Waals surface area contributed by atoms with Crippen molar-refractivity contribution >= 4 is 17.6 Å². The van der Waals surface area contributed by atoms with Crippen molar-refractivity contribution < 1.29 is 0 Å². The maximum Gasteiger partial charge on any atom is 0.191 e. The van der Waals surface area contributed by atoms with E-state index in [0.717, 1.165) is 35.2 Å². The highest BCUT2D eigenvalue weighted by Crippen LogP contribution is 2.14. The predicted molar refractivity (Wildman–Crippen MR) is 105 cm³/mol. The van der Waals surface area contributed by atoms with Crippen LogP contribution in [0.15, 0.2) is 29.3 Å². The molecule has 2 rings (SSSR count). The van der Waals surface area contributed by atoms with E-state index in [4.69, 9.17) is 11.6 Å². The molecule has 1 aromatic carbocycles. The first kappa shape index (κ1) is 19.3. The Labute approximate surface area is 155 Å². The number of aryl methyl sites for hydroxylation is 2. The van der Waals surface area contributed by atoms with Crippen LogP contribution in [0.5, 0.6) is 0 Å². The Kier molecular flexibility index (Phi) is 6.88. The molecule has 0 aliphatic heterocycles. The van der Waals surface area contributed by atoms with Gasteiger partial charge >= 0.3 is 0 Å². The van der Waals surface area contributed by atoms with E-state index in [1.54, 1.807) is 0 Å². The molecule has 0 aliphatic rings. The van der Waals surface area contributed by atoms with Gasteiger partial charge in [0, 0.05) is 30.4 Å². The minimum Gasteiger partial charge on any atom is -0.357 e. The Morgan fingerprint density at radius 3 is 2.52 bits per heavy atom. The van der Waals surface area contributed by atoms with Gasteiger partial charge in [0.2, 0.25) is 0 Å². The lowest BCUT2D eigenvalue weighted by atomic mass is 10.1. The van der Waals surface area contributed by atoms with Crippen LogP contribution < -0.4 is 10.6 Å². The molecule has 25 heavy (non-hydrogen) atoms. The van der Waals surface area contributed by atoms with Crippen molar-refractivity contribution in [3.63, 3.8) is 0 Å². The molecule has 0 saturated heterocycles. The van der Waals surface area contributed by atoms with Crippen molar-refractivity contribution in [3.8, 4) is 0 Å². The zero-order valence-electron chi connectivity index (χ0n) is 15.7. The van der Waals surface area contributed by atoms with E-state index in [9.17, 15) is 0 Å². The normalized spacial score (nSPS) is 13.0. The van der Waals surface area contributed by atoms with Crippen LogP contribution in [0.2, 0.25) is 5.02 Å². The fourth-order valence-electron chi connectivity index (χ4n) is 2.78. The van der Waals surface area contributed by atoms with Crippen molar-refractivity contribution in [2.24, 2.45) is 12.0 Å². The van der Waals surface area contributed by atoms with E-state index in [1.165, 1.54) is 11.3 Å². The molecule has 1 unspecified atom stereocenters. The molecule has 0 aliphatic carbocycles. The highest BCUT2D eigenvalue weighted by molar-refractivity contribution is 6.30. The largest absolute Gasteiger partial charge is 0.357 e. The van der Waals surface area contributed by atoms with Crippen molar-refractivity contribution in [2.45, 2.75) is 46.7 Å². The zero-order chi connectivity index (χ0) is 18.4.